The molecule has 0 bridgehead atoms. The van der Waals surface area contributed by atoms with Crippen LogP contribution in [0.25, 0.3) is 11.1 Å². The molecule has 1 fully saturated rings. The van der Waals surface area contributed by atoms with Crippen LogP contribution in [-0.4, -0.2) is 53.7 Å². The molecule has 1 unspecified atom stereocenters. The van der Waals surface area contributed by atoms with Crippen LogP contribution < -0.4 is 5.32 Å². The van der Waals surface area contributed by atoms with Gasteiger partial charge in [0.2, 0.25) is 5.91 Å². The number of carboxylic acid groups (broad SMARTS) is 1. The quantitative estimate of drug-likeness (QED) is 0.573. The van der Waals surface area contributed by atoms with Crippen LogP contribution in [0.1, 0.15) is 56.1 Å². The first-order valence-corrected chi connectivity index (χ1v) is 12.1. The predicted octanol–water partition coefficient (Wildman–Crippen LogP) is 4.41. The number of amides is 2. The highest BCUT2D eigenvalue weighted by Crippen LogP contribution is 2.44. The number of hydrogen-bond acceptors (Lipinski definition) is 4. The van der Waals surface area contributed by atoms with Crippen molar-refractivity contribution in [2.75, 3.05) is 19.7 Å². The van der Waals surface area contributed by atoms with Crippen molar-refractivity contribution in [2.24, 2.45) is 5.92 Å². The Morgan fingerprint density at radius 3 is 2.18 bits per heavy atom. The Labute approximate surface area is 200 Å². The van der Waals surface area contributed by atoms with Gasteiger partial charge in [0.05, 0.1) is 5.92 Å². The minimum atomic E-state index is -1.01. The Bertz CT molecular complexity index is 1000. The summed E-state index contributed by atoms with van der Waals surface area (Å²) in [4.78, 5) is 38.5. The van der Waals surface area contributed by atoms with Gasteiger partial charge in [-0.1, -0.05) is 68.3 Å². The summed E-state index contributed by atoms with van der Waals surface area (Å²) < 4.78 is 5.57. The number of benzene rings is 2. The second kappa shape index (κ2) is 10.7. The average Bonchev–Trinajstić information content (AvgIpc) is 3.48. The molecule has 1 saturated carbocycles. The van der Waals surface area contributed by atoms with E-state index in [4.69, 9.17) is 4.74 Å². The van der Waals surface area contributed by atoms with Gasteiger partial charge in [0, 0.05) is 18.5 Å². The summed E-state index contributed by atoms with van der Waals surface area (Å²) in [6.07, 6.45) is 3.60. The summed E-state index contributed by atoms with van der Waals surface area (Å²) in [5.41, 5.74) is 4.60. The first-order chi connectivity index (χ1) is 16.5. The van der Waals surface area contributed by atoms with Gasteiger partial charge >= 0.3 is 12.1 Å². The first-order valence-electron chi connectivity index (χ1n) is 12.1. The first kappa shape index (κ1) is 23.8. The third-order valence-corrected chi connectivity index (χ3v) is 7.03. The van der Waals surface area contributed by atoms with Gasteiger partial charge in [0.25, 0.3) is 0 Å². The van der Waals surface area contributed by atoms with Gasteiger partial charge < -0.3 is 20.1 Å². The zero-order chi connectivity index (χ0) is 24.1. The molecular formula is C27H32N2O5. The van der Waals surface area contributed by atoms with E-state index in [0.717, 1.165) is 47.9 Å². The highest BCUT2D eigenvalue weighted by Gasteiger charge is 2.33. The van der Waals surface area contributed by atoms with Crippen LogP contribution in [0.2, 0.25) is 0 Å². The van der Waals surface area contributed by atoms with Gasteiger partial charge in [-0.3, -0.25) is 9.59 Å². The Morgan fingerprint density at radius 2 is 1.62 bits per heavy atom. The van der Waals surface area contributed by atoms with Gasteiger partial charge in [-0.05, 0) is 41.5 Å². The molecule has 1 atom stereocenters. The Hall–Kier alpha value is -3.35. The van der Waals surface area contributed by atoms with Crippen LogP contribution in [0.15, 0.2) is 48.5 Å². The summed E-state index contributed by atoms with van der Waals surface area (Å²) in [7, 11) is 0. The molecule has 2 aliphatic carbocycles. The maximum Gasteiger partial charge on any atom is 0.407 e. The van der Waals surface area contributed by atoms with E-state index in [0.29, 0.717) is 6.42 Å². The van der Waals surface area contributed by atoms with Crippen LogP contribution in [0, 0.1) is 5.92 Å². The molecule has 2 aliphatic rings. The van der Waals surface area contributed by atoms with Gasteiger partial charge in [-0.25, -0.2) is 4.79 Å². The van der Waals surface area contributed by atoms with Crippen molar-refractivity contribution in [1.29, 1.82) is 0 Å². The summed E-state index contributed by atoms with van der Waals surface area (Å²) in [5, 5.41) is 12.0. The molecule has 34 heavy (non-hydrogen) atoms. The molecule has 0 spiro atoms. The second-order valence-electron chi connectivity index (χ2n) is 9.11. The predicted molar refractivity (Wildman–Crippen MR) is 128 cm³/mol. The minimum Gasteiger partial charge on any atom is -0.480 e. The molecule has 0 radical (unpaired) electrons. The lowest BCUT2D eigenvalue weighted by atomic mass is 9.98. The van der Waals surface area contributed by atoms with Crippen molar-refractivity contribution in [3.8, 4) is 11.1 Å². The van der Waals surface area contributed by atoms with E-state index in [1.54, 1.807) is 0 Å². The van der Waals surface area contributed by atoms with E-state index in [9.17, 15) is 19.5 Å². The number of nitrogens with one attached hydrogen (secondary N) is 1. The number of aliphatic carboxylic acids is 1. The number of carbonyl (C=O) groups is 3. The van der Waals surface area contributed by atoms with Crippen molar-refractivity contribution < 1.29 is 24.2 Å². The third kappa shape index (κ3) is 5.08. The van der Waals surface area contributed by atoms with Crippen LogP contribution >= 0.6 is 0 Å². The topological polar surface area (TPSA) is 95.9 Å². The number of alkyl carbamates (subject to hydrolysis) is 1. The average molecular weight is 465 g/mol. The number of hydrogen-bond donors (Lipinski definition) is 2. The molecule has 0 aromatic heterocycles. The van der Waals surface area contributed by atoms with Crippen molar-refractivity contribution >= 4 is 18.0 Å². The van der Waals surface area contributed by atoms with E-state index >= 15 is 0 Å². The molecule has 2 N–H and O–H groups in total. The summed E-state index contributed by atoms with van der Waals surface area (Å²) in [6.45, 7) is 1.90. The lowest BCUT2D eigenvalue weighted by Crippen LogP contribution is -2.47. The zero-order valence-corrected chi connectivity index (χ0v) is 19.5. The maximum atomic E-state index is 13.1. The highest BCUT2D eigenvalue weighted by molar-refractivity contribution is 5.84. The number of carbonyl (C=O) groups excluding carboxylic acids is 2. The van der Waals surface area contributed by atoms with Crippen LogP contribution in [-0.2, 0) is 14.3 Å². The van der Waals surface area contributed by atoms with E-state index in [-0.39, 0.29) is 37.6 Å². The largest absolute Gasteiger partial charge is 0.480 e. The van der Waals surface area contributed by atoms with Crippen LogP contribution in [0.3, 0.4) is 0 Å². The van der Waals surface area contributed by atoms with Gasteiger partial charge in [0.15, 0.2) is 0 Å². The van der Waals surface area contributed by atoms with Crippen molar-refractivity contribution in [2.45, 2.75) is 51.0 Å². The molecule has 7 nitrogen and oxygen atoms in total. The van der Waals surface area contributed by atoms with Crippen molar-refractivity contribution in [3.63, 3.8) is 0 Å². The van der Waals surface area contributed by atoms with E-state index in [2.05, 4.69) is 29.6 Å². The number of nitrogens with zero attached hydrogens (tertiary/aromatic N) is 1. The highest BCUT2D eigenvalue weighted by atomic mass is 16.5. The molecular weight excluding hydrogens is 432 g/mol. The smallest absolute Gasteiger partial charge is 0.407 e. The van der Waals surface area contributed by atoms with Crippen molar-refractivity contribution in [1.82, 2.24) is 10.2 Å². The molecule has 2 aromatic carbocycles. The van der Waals surface area contributed by atoms with Gasteiger partial charge in [-0.15, -0.1) is 0 Å². The number of ether oxygens (including phenoxy) is 1. The summed E-state index contributed by atoms with van der Waals surface area (Å²) >= 11 is 0. The number of carboxylic acids is 1. The molecule has 0 aliphatic heterocycles. The van der Waals surface area contributed by atoms with Gasteiger partial charge in [0.1, 0.15) is 13.2 Å². The maximum absolute atomic E-state index is 13.1. The Morgan fingerprint density at radius 1 is 1.03 bits per heavy atom. The van der Waals surface area contributed by atoms with Crippen molar-refractivity contribution in [3.05, 3.63) is 59.7 Å². The molecule has 2 amide bonds. The second-order valence-corrected chi connectivity index (χ2v) is 9.11. The van der Waals surface area contributed by atoms with E-state index in [1.807, 2.05) is 31.2 Å². The fourth-order valence-electron chi connectivity index (χ4n) is 5.25. The fourth-order valence-corrected chi connectivity index (χ4v) is 5.25. The Balaban J connectivity index is 1.35. The lowest BCUT2D eigenvalue weighted by Gasteiger charge is -2.31. The van der Waals surface area contributed by atoms with E-state index < -0.39 is 18.0 Å². The summed E-state index contributed by atoms with van der Waals surface area (Å²) in [5.74, 6) is -1.74. The molecule has 0 heterocycles. The number of fused-ring (bicyclic) bond motifs is 3. The van der Waals surface area contributed by atoms with Gasteiger partial charge in [-0.2, -0.15) is 0 Å². The fraction of sp³-hybridized carbons (Fsp3) is 0.444. The molecule has 180 valence electrons. The van der Waals surface area contributed by atoms with E-state index in [1.165, 1.54) is 4.90 Å². The molecule has 4 rings (SSSR count). The monoisotopic (exact) mass is 464 g/mol. The minimum absolute atomic E-state index is 0.0322. The third-order valence-electron chi connectivity index (χ3n) is 7.03. The Kier molecular flexibility index (Phi) is 7.50. The molecule has 7 heteroatoms. The normalized spacial score (nSPS) is 15.9. The number of rotatable bonds is 9. The zero-order valence-electron chi connectivity index (χ0n) is 19.5. The lowest BCUT2D eigenvalue weighted by molar-refractivity contribution is -0.148. The van der Waals surface area contributed by atoms with Crippen LogP contribution in [0.4, 0.5) is 4.79 Å². The molecule has 2 aromatic rings. The standard InChI is InChI=1S/C27H32N2O5/c1-2-18(26(32)29(16-25(30)31)19-9-3-4-10-19)15-28-27(33)34-17-24-22-13-7-5-11-20(22)21-12-6-8-14-23(21)24/h5-8,11-14,18-19,24H,2-4,9-10,15-17H2,1H3,(H,28,33)(H,30,31). The summed E-state index contributed by atoms with van der Waals surface area (Å²) in [6, 6.07) is 16.2. The molecule has 0 saturated heterocycles. The van der Waals surface area contributed by atoms with Crippen LogP contribution in [0.5, 0.6) is 0 Å². The SMILES string of the molecule is CCC(CNC(=O)OCC1c2ccccc2-c2ccccc21)C(=O)N(CC(=O)O)C1CCCC1.